The number of nitrogens with zero attached hydrogens (tertiary/aromatic N) is 3. The Morgan fingerprint density at radius 1 is 0.938 bits per heavy atom. The molecule has 1 atom stereocenters. The molecule has 0 aliphatic carbocycles. The molecule has 0 unspecified atom stereocenters. The summed E-state index contributed by atoms with van der Waals surface area (Å²) in [6, 6.07) is 24.6. The molecule has 8 heteroatoms. The van der Waals surface area contributed by atoms with Crippen LogP contribution < -0.4 is 4.74 Å². The lowest BCUT2D eigenvalue weighted by molar-refractivity contribution is -0.139. The number of thioether (sulfide) groups is 1. The van der Waals surface area contributed by atoms with E-state index in [1.165, 1.54) is 18.9 Å². The number of hydrogen-bond acceptors (Lipinski definition) is 6. The van der Waals surface area contributed by atoms with Crippen molar-refractivity contribution in [1.82, 2.24) is 14.8 Å². The van der Waals surface area contributed by atoms with Crippen molar-refractivity contribution >= 4 is 29.3 Å². The van der Waals surface area contributed by atoms with Crippen molar-refractivity contribution in [2.24, 2.45) is 0 Å². The van der Waals surface area contributed by atoms with Crippen LogP contribution in [-0.2, 0) is 9.53 Å². The van der Waals surface area contributed by atoms with Crippen molar-refractivity contribution in [3.05, 3.63) is 83.9 Å². The van der Waals surface area contributed by atoms with Crippen LogP contribution >= 0.6 is 23.4 Å². The Labute approximate surface area is 195 Å². The third-order valence-electron chi connectivity index (χ3n) is 4.62. The van der Waals surface area contributed by atoms with Gasteiger partial charge in [0.05, 0.1) is 7.11 Å². The summed E-state index contributed by atoms with van der Waals surface area (Å²) in [6.45, 7) is 1.77. The normalized spacial score (nSPS) is 11.7. The zero-order valence-corrected chi connectivity index (χ0v) is 19.0. The molecule has 0 aliphatic heterocycles. The third-order valence-corrected chi connectivity index (χ3v) is 5.90. The van der Waals surface area contributed by atoms with E-state index >= 15 is 0 Å². The lowest BCUT2D eigenvalue weighted by Gasteiger charge is -2.13. The SMILES string of the molecule is COC(=O)[C@H](C)Sc1nnc(-c2ccc(Cl)cc2)n1-c1ccc(Oc2ccccc2)cc1. The molecule has 32 heavy (non-hydrogen) atoms. The largest absolute Gasteiger partial charge is 0.468 e. The first kappa shape index (κ1) is 21.9. The molecule has 0 aliphatic rings. The molecule has 6 nitrogen and oxygen atoms in total. The molecule has 3 aromatic carbocycles. The van der Waals surface area contributed by atoms with E-state index in [2.05, 4.69) is 10.2 Å². The van der Waals surface area contributed by atoms with Crippen LogP contribution in [0.3, 0.4) is 0 Å². The zero-order valence-electron chi connectivity index (χ0n) is 17.4. The minimum Gasteiger partial charge on any atom is -0.468 e. The number of hydrogen-bond donors (Lipinski definition) is 0. The van der Waals surface area contributed by atoms with Gasteiger partial charge in [-0.2, -0.15) is 0 Å². The molecule has 0 bridgehead atoms. The van der Waals surface area contributed by atoms with Crippen LogP contribution in [0.5, 0.6) is 11.5 Å². The molecule has 162 valence electrons. The summed E-state index contributed by atoms with van der Waals surface area (Å²) >= 11 is 7.33. The number of ether oxygens (including phenoxy) is 2. The van der Waals surface area contributed by atoms with Gasteiger partial charge in [0.15, 0.2) is 11.0 Å². The highest BCUT2D eigenvalue weighted by Gasteiger charge is 2.22. The van der Waals surface area contributed by atoms with Crippen molar-refractivity contribution in [2.45, 2.75) is 17.3 Å². The summed E-state index contributed by atoms with van der Waals surface area (Å²) in [7, 11) is 1.37. The number of carbonyl (C=O) groups is 1. The van der Waals surface area contributed by atoms with Crippen LogP contribution in [0.1, 0.15) is 6.92 Å². The van der Waals surface area contributed by atoms with Gasteiger partial charge in [-0.1, -0.05) is 41.6 Å². The predicted octanol–water partition coefficient (Wildman–Crippen LogP) is 6.03. The molecular weight excluding hydrogens is 446 g/mol. The lowest BCUT2D eigenvalue weighted by Crippen LogP contribution is -2.15. The highest BCUT2D eigenvalue weighted by molar-refractivity contribution is 8.00. The minimum absolute atomic E-state index is 0.329. The number of carbonyl (C=O) groups excluding carboxylic acids is 1. The Balaban J connectivity index is 1.70. The fraction of sp³-hybridized carbons (Fsp3) is 0.125. The second kappa shape index (κ2) is 9.89. The van der Waals surface area contributed by atoms with Gasteiger partial charge in [-0.3, -0.25) is 9.36 Å². The minimum atomic E-state index is -0.443. The second-order valence-corrected chi connectivity index (χ2v) is 8.59. The van der Waals surface area contributed by atoms with E-state index in [-0.39, 0.29) is 5.97 Å². The Bertz CT molecular complexity index is 1200. The Morgan fingerprint density at radius 2 is 1.59 bits per heavy atom. The highest BCUT2D eigenvalue weighted by atomic mass is 35.5. The van der Waals surface area contributed by atoms with Crippen LogP contribution in [0.4, 0.5) is 0 Å². The smallest absolute Gasteiger partial charge is 0.318 e. The standard InChI is InChI=1S/C24H20ClN3O3S/c1-16(23(29)30-2)32-24-27-26-22(17-8-10-18(25)11-9-17)28(24)19-12-14-21(15-13-19)31-20-6-4-3-5-7-20/h3-16H,1-2H3/t16-/m0/s1. The maximum absolute atomic E-state index is 12.0. The highest BCUT2D eigenvalue weighted by Crippen LogP contribution is 2.32. The van der Waals surface area contributed by atoms with Crippen molar-refractivity contribution in [3.63, 3.8) is 0 Å². The van der Waals surface area contributed by atoms with Crippen LogP contribution in [0.15, 0.2) is 84.0 Å². The van der Waals surface area contributed by atoms with Crippen molar-refractivity contribution in [1.29, 1.82) is 0 Å². The number of benzene rings is 3. The number of aromatic nitrogens is 3. The van der Waals surface area contributed by atoms with Gasteiger partial charge < -0.3 is 9.47 Å². The van der Waals surface area contributed by atoms with Crippen LogP contribution in [0.25, 0.3) is 17.1 Å². The molecule has 0 amide bonds. The van der Waals surface area contributed by atoms with Crippen molar-refractivity contribution < 1.29 is 14.3 Å². The van der Waals surface area contributed by atoms with E-state index in [0.717, 1.165) is 17.0 Å². The van der Waals surface area contributed by atoms with Gasteiger partial charge >= 0.3 is 5.97 Å². The molecule has 0 spiro atoms. The fourth-order valence-corrected chi connectivity index (χ4v) is 4.04. The van der Waals surface area contributed by atoms with E-state index in [4.69, 9.17) is 21.1 Å². The Hall–Kier alpha value is -3.29. The third kappa shape index (κ3) is 4.95. The van der Waals surface area contributed by atoms with Gasteiger partial charge in [0.2, 0.25) is 0 Å². The first-order valence-corrected chi connectivity index (χ1v) is 11.1. The molecule has 0 N–H and O–H groups in total. The molecule has 0 fully saturated rings. The second-order valence-electron chi connectivity index (χ2n) is 6.84. The summed E-state index contributed by atoms with van der Waals surface area (Å²) < 4.78 is 12.7. The first-order valence-electron chi connectivity index (χ1n) is 9.84. The number of methoxy groups -OCH3 is 1. The van der Waals surface area contributed by atoms with Gasteiger partial charge in [0.25, 0.3) is 0 Å². The van der Waals surface area contributed by atoms with Gasteiger partial charge in [0, 0.05) is 16.3 Å². The lowest BCUT2D eigenvalue weighted by atomic mass is 10.2. The average Bonchev–Trinajstić information content (AvgIpc) is 3.23. The fourth-order valence-electron chi connectivity index (χ4n) is 3.03. The van der Waals surface area contributed by atoms with E-state index in [0.29, 0.717) is 21.8 Å². The quantitative estimate of drug-likeness (QED) is 0.245. The predicted molar refractivity (Wildman–Crippen MR) is 126 cm³/mol. The first-order chi connectivity index (χ1) is 15.5. The van der Waals surface area contributed by atoms with E-state index < -0.39 is 5.25 Å². The molecule has 1 aromatic heterocycles. The van der Waals surface area contributed by atoms with Crippen molar-refractivity contribution in [3.8, 4) is 28.6 Å². The summed E-state index contributed by atoms with van der Waals surface area (Å²) in [5, 5.41) is 9.49. The molecule has 4 rings (SSSR count). The van der Waals surface area contributed by atoms with Crippen LogP contribution in [0.2, 0.25) is 5.02 Å². The van der Waals surface area contributed by atoms with E-state index in [9.17, 15) is 4.79 Å². The molecule has 0 radical (unpaired) electrons. The molecule has 0 saturated carbocycles. The van der Waals surface area contributed by atoms with Crippen LogP contribution in [0, 0.1) is 0 Å². The average molecular weight is 466 g/mol. The molecular formula is C24H20ClN3O3S. The van der Waals surface area contributed by atoms with E-state index in [1.54, 1.807) is 19.1 Å². The van der Waals surface area contributed by atoms with Gasteiger partial charge in [-0.05, 0) is 67.6 Å². The molecule has 1 heterocycles. The number of esters is 1. The van der Waals surface area contributed by atoms with Gasteiger partial charge in [0.1, 0.15) is 16.7 Å². The summed E-state index contributed by atoms with van der Waals surface area (Å²) in [5.74, 6) is 1.77. The number of rotatable bonds is 7. The summed E-state index contributed by atoms with van der Waals surface area (Å²) in [6.07, 6.45) is 0. The molecule has 0 saturated heterocycles. The monoisotopic (exact) mass is 465 g/mol. The van der Waals surface area contributed by atoms with Crippen LogP contribution in [-0.4, -0.2) is 33.1 Å². The number of halogens is 1. The summed E-state index contributed by atoms with van der Waals surface area (Å²) in [4.78, 5) is 12.0. The Morgan fingerprint density at radius 3 is 2.25 bits per heavy atom. The van der Waals surface area contributed by atoms with Gasteiger partial charge in [-0.15, -0.1) is 10.2 Å². The molecule has 4 aromatic rings. The maximum atomic E-state index is 12.0. The van der Waals surface area contributed by atoms with Gasteiger partial charge in [-0.25, -0.2) is 0 Å². The number of para-hydroxylation sites is 1. The van der Waals surface area contributed by atoms with Crippen molar-refractivity contribution in [2.75, 3.05) is 7.11 Å². The summed E-state index contributed by atoms with van der Waals surface area (Å²) in [5.41, 5.74) is 1.68. The maximum Gasteiger partial charge on any atom is 0.318 e. The van der Waals surface area contributed by atoms with E-state index in [1.807, 2.05) is 71.3 Å². The topological polar surface area (TPSA) is 66.2 Å². The Kier molecular flexibility index (Phi) is 6.78. The zero-order chi connectivity index (χ0) is 22.5.